The molecule has 3 nitrogen and oxygen atoms in total. The highest BCUT2D eigenvalue weighted by Crippen LogP contribution is 1.78. The molecule has 0 atom stereocenters. The van der Waals surface area contributed by atoms with Gasteiger partial charge in [-0.05, 0) is 6.42 Å². The van der Waals surface area contributed by atoms with Gasteiger partial charge in [-0.25, -0.2) is 0 Å². The lowest BCUT2D eigenvalue weighted by molar-refractivity contribution is 0.895. The van der Waals surface area contributed by atoms with E-state index < -0.39 is 0 Å². The maximum absolute atomic E-state index is 8.24. The molecule has 0 aliphatic carbocycles. The van der Waals surface area contributed by atoms with E-state index in [0.717, 1.165) is 0 Å². The molecule has 0 amide bonds. The zero-order valence-corrected chi connectivity index (χ0v) is 5.10. The van der Waals surface area contributed by atoms with Crippen LogP contribution in [0.2, 0.25) is 0 Å². The largest absolute Gasteiger partial charge is 0.312 e. The second-order valence-corrected chi connectivity index (χ2v) is 1.25. The second-order valence-electron chi connectivity index (χ2n) is 1.25. The topological polar surface area (TPSA) is 48.2 Å². The van der Waals surface area contributed by atoms with Crippen LogP contribution in [-0.2, 0) is 0 Å². The highest BCUT2D eigenvalue weighted by atomic mass is 15.3. The molecule has 0 aromatic rings. The number of nitriles is 1. The van der Waals surface area contributed by atoms with Crippen LogP contribution in [0.15, 0.2) is 5.10 Å². The van der Waals surface area contributed by atoms with Crippen LogP contribution in [0.3, 0.4) is 0 Å². The maximum Gasteiger partial charge on any atom is 0.137 e. The van der Waals surface area contributed by atoms with Crippen LogP contribution in [0.25, 0.3) is 0 Å². The Labute approximate surface area is 49.0 Å². The minimum atomic E-state index is 0.535. The molecule has 0 aromatic heterocycles. The first-order chi connectivity index (χ1) is 3.85. The fourth-order valence-corrected chi connectivity index (χ4v) is 0.318. The number of hydrazone groups is 1. The van der Waals surface area contributed by atoms with E-state index >= 15 is 0 Å². The summed E-state index contributed by atoms with van der Waals surface area (Å²) in [6.45, 7) is 1.89. The number of hydrogen-bond acceptors (Lipinski definition) is 3. The van der Waals surface area contributed by atoms with Gasteiger partial charge < -0.3 is 5.43 Å². The maximum atomic E-state index is 8.24. The molecule has 0 spiro atoms. The monoisotopic (exact) mass is 111 g/mol. The summed E-state index contributed by atoms with van der Waals surface area (Å²) in [5.74, 6) is 0. The Balaban J connectivity index is 3.72. The van der Waals surface area contributed by atoms with E-state index in [0.29, 0.717) is 12.1 Å². The number of nitrogens with one attached hydrogen (secondary N) is 1. The van der Waals surface area contributed by atoms with Crippen molar-refractivity contribution in [2.45, 2.75) is 13.3 Å². The van der Waals surface area contributed by atoms with Gasteiger partial charge in [0.2, 0.25) is 0 Å². The highest BCUT2D eigenvalue weighted by molar-refractivity contribution is 5.97. The average Bonchev–Trinajstić information content (AvgIpc) is 1.83. The molecule has 0 unspecified atom stereocenters. The van der Waals surface area contributed by atoms with Gasteiger partial charge in [0, 0.05) is 7.05 Å². The zero-order chi connectivity index (χ0) is 6.41. The van der Waals surface area contributed by atoms with Gasteiger partial charge in [-0.1, -0.05) is 6.92 Å². The van der Waals surface area contributed by atoms with E-state index in [9.17, 15) is 0 Å². The summed E-state index contributed by atoms with van der Waals surface area (Å²) in [6.07, 6.45) is 0.692. The van der Waals surface area contributed by atoms with Gasteiger partial charge in [-0.2, -0.15) is 10.4 Å². The smallest absolute Gasteiger partial charge is 0.137 e. The fourth-order valence-electron chi connectivity index (χ4n) is 0.318. The predicted molar refractivity (Wildman–Crippen MR) is 32.4 cm³/mol. The first-order valence-corrected chi connectivity index (χ1v) is 2.48. The van der Waals surface area contributed by atoms with Gasteiger partial charge in [-0.15, -0.1) is 0 Å². The molecule has 44 valence electrons. The van der Waals surface area contributed by atoms with E-state index in [1.807, 2.05) is 13.0 Å². The van der Waals surface area contributed by atoms with E-state index in [1.165, 1.54) is 0 Å². The highest BCUT2D eigenvalue weighted by Gasteiger charge is 1.87. The van der Waals surface area contributed by atoms with Crippen molar-refractivity contribution in [3.05, 3.63) is 0 Å². The van der Waals surface area contributed by atoms with E-state index in [2.05, 4.69) is 10.5 Å². The predicted octanol–water partition coefficient (Wildman–Crippen LogP) is 0.495. The molecular formula is C5H9N3. The molecule has 0 aliphatic rings. The Kier molecular flexibility index (Phi) is 3.59. The fraction of sp³-hybridized carbons (Fsp3) is 0.600. The molecule has 0 saturated heterocycles. The second kappa shape index (κ2) is 4.13. The third kappa shape index (κ3) is 2.19. The van der Waals surface area contributed by atoms with Gasteiger partial charge in [0.1, 0.15) is 11.8 Å². The van der Waals surface area contributed by atoms with Gasteiger partial charge in [0.15, 0.2) is 0 Å². The Morgan fingerprint density at radius 1 is 1.88 bits per heavy atom. The summed E-state index contributed by atoms with van der Waals surface area (Å²) in [4.78, 5) is 0. The van der Waals surface area contributed by atoms with Gasteiger partial charge >= 0.3 is 0 Å². The van der Waals surface area contributed by atoms with Crippen LogP contribution in [0.4, 0.5) is 0 Å². The lowest BCUT2D eigenvalue weighted by Crippen LogP contribution is -2.01. The molecule has 8 heavy (non-hydrogen) atoms. The Morgan fingerprint density at radius 3 is 2.62 bits per heavy atom. The van der Waals surface area contributed by atoms with E-state index in [1.54, 1.807) is 7.05 Å². The standard InChI is InChI=1S/C5H9N3/c1-3-5(4-6)8-7-2/h7H,3H2,1-2H3/b8-5+. The molecule has 0 radical (unpaired) electrons. The molecule has 0 bridgehead atoms. The third-order valence-electron chi connectivity index (χ3n) is 0.711. The van der Waals surface area contributed by atoms with Crippen molar-refractivity contribution in [1.29, 1.82) is 5.26 Å². The Morgan fingerprint density at radius 2 is 2.50 bits per heavy atom. The number of rotatable bonds is 2. The van der Waals surface area contributed by atoms with Crippen molar-refractivity contribution < 1.29 is 0 Å². The number of hydrogen-bond donors (Lipinski definition) is 1. The summed E-state index contributed by atoms with van der Waals surface area (Å²) in [5, 5.41) is 11.9. The summed E-state index contributed by atoms with van der Waals surface area (Å²) in [5.41, 5.74) is 3.07. The van der Waals surface area contributed by atoms with Crippen molar-refractivity contribution in [3.8, 4) is 6.07 Å². The lowest BCUT2D eigenvalue weighted by Gasteiger charge is -1.87. The van der Waals surface area contributed by atoms with Crippen LogP contribution in [0.5, 0.6) is 0 Å². The average molecular weight is 111 g/mol. The summed E-state index contributed by atoms with van der Waals surface area (Å²) < 4.78 is 0. The third-order valence-corrected chi connectivity index (χ3v) is 0.711. The molecule has 0 aliphatic heterocycles. The van der Waals surface area contributed by atoms with Gasteiger partial charge in [-0.3, -0.25) is 0 Å². The minimum Gasteiger partial charge on any atom is -0.312 e. The van der Waals surface area contributed by atoms with Crippen molar-refractivity contribution in [1.82, 2.24) is 5.43 Å². The minimum absolute atomic E-state index is 0.535. The van der Waals surface area contributed by atoms with Gasteiger partial charge in [0.05, 0.1) is 0 Å². The van der Waals surface area contributed by atoms with Crippen LogP contribution >= 0.6 is 0 Å². The normalized spacial score (nSPS) is 10.4. The van der Waals surface area contributed by atoms with E-state index in [-0.39, 0.29) is 0 Å². The number of nitrogens with zero attached hydrogens (tertiary/aromatic N) is 2. The molecular weight excluding hydrogens is 102 g/mol. The molecule has 0 rings (SSSR count). The molecule has 3 heteroatoms. The van der Waals surface area contributed by atoms with Crippen molar-refractivity contribution in [2.24, 2.45) is 5.10 Å². The summed E-state index contributed by atoms with van der Waals surface area (Å²) in [6, 6.07) is 1.94. The first-order valence-electron chi connectivity index (χ1n) is 2.48. The Hall–Kier alpha value is -1.04. The SMILES string of the molecule is CC/C(C#N)=N\NC. The van der Waals surface area contributed by atoms with Crippen molar-refractivity contribution in [2.75, 3.05) is 7.05 Å². The van der Waals surface area contributed by atoms with Crippen LogP contribution in [-0.4, -0.2) is 12.8 Å². The van der Waals surface area contributed by atoms with Crippen LogP contribution in [0, 0.1) is 11.3 Å². The quantitative estimate of drug-likeness (QED) is 0.416. The zero-order valence-electron chi connectivity index (χ0n) is 5.10. The molecule has 0 heterocycles. The lowest BCUT2D eigenvalue weighted by atomic mass is 10.3. The molecule has 1 N–H and O–H groups in total. The first kappa shape index (κ1) is 6.96. The van der Waals surface area contributed by atoms with Gasteiger partial charge in [0.25, 0.3) is 0 Å². The van der Waals surface area contributed by atoms with Crippen LogP contribution in [0.1, 0.15) is 13.3 Å². The molecule has 0 saturated carbocycles. The van der Waals surface area contributed by atoms with Crippen LogP contribution < -0.4 is 5.43 Å². The Bertz CT molecular complexity index is 120. The van der Waals surface area contributed by atoms with Crippen molar-refractivity contribution >= 4 is 5.71 Å². The van der Waals surface area contributed by atoms with E-state index in [4.69, 9.17) is 5.26 Å². The van der Waals surface area contributed by atoms with Crippen molar-refractivity contribution in [3.63, 3.8) is 0 Å². The molecule has 0 fully saturated rings. The summed E-state index contributed by atoms with van der Waals surface area (Å²) >= 11 is 0. The molecule has 0 aromatic carbocycles. The summed E-state index contributed by atoms with van der Waals surface area (Å²) in [7, 11) is 1.67.